The van der Waals surface area contributed by atoms with E-state index in [-0.39, 0.29) is 4.90 Å². The molecule has 0 radical (unpaired) electrons. The summed E-state index contributed by atoms with van der Waals surface area (Å²) in [5, 5.41) is 9.78. The molecule has 0 aliphatic heterocycles. The first-order valence-electron chi connectivity index (χ1n) is 7.36. The van der Waals surface area contributed by atoms with Crippen molar-refractivity contribution in [1.82, 2.24) is 4.72 Å². The molecule has 0 spiro atoms. The van der Waals surface area contributed by atoms with Gasteiger partial charge in [0.05, 0.1) is 11.0 Å². The Morgan fingerprint density at radius 3 is 2.71 bits per heavy atom. The molecule has 0 saturated heterocycles. The normalized spacial score (nSPS) is 13.3. The Morgan fingerprint density at radius 2 is 2.05 bits per heavy atom. The van der Waals surface area contributed by atoms with Crippen LogP contribution in [0, 0.1) is 0 Å². The van der Waals surface area contributed by atoms with Gasteiger partial charge in [-0.2, -0.15) is 0 Å². The van der Waals surface area contributed by atoms with Crippen LogP contribution in [0.1, 0.15) is 44.8 Å². The number of ether oxygens (including phenoxy) is 1. The monoisotopic (exact) mass is 315 g/mol. The second-order valence-corrected chi connectivity index (χ2v) is 6.63. The quantitative estimate of drug-likeness (QED) is 0.649. The molecule has 1 atom stereocenters. The number of aliphatic hydroxyl groups excluding tert-OH is 1. The van der Waals surface area contributed by atoms with Gasteiger partial charge in [0, 0.05) is 19.8 Å². The summed E-state index contributed by atoms with van der Waals surface area (Å²) in [7, 11) is -3.53. The molecule has 0 heterocycles. The van der Waals surface area contributed by atoms with Gasteiger partial charge in [-0.15, -0.1) is 0 Å². The van der Waals surface area contributed by atoms with E-state index >= 15 is 0 Å². The fourth-order valence-corrected chi connectivity index (χ4v) is 2.96. The molecule has 6 heteroatoms. The first-order valence-corrected chi connectivity index (χ1v) is 8.85. The predicted molar refractivity (Wildman–Crippen MR) is 82.6 cm³/mol. The maximum absolute atomic E-state index is 12.2. The van der Waals surface area contributed by atoms with Crippen LogP contribution in [-0.2, 0) is 14.8 Å². The first-order chi connectivity index (χ1) is 10.0. The number of aliphatic hydroxyl groups is 1. The van der Waals surface area contributed by atoms with Crippen molar-refractivity contribution in [2.45, 2.75) is 44.1 Å². The van der Waals surface area contributed by atoms with Crippen LogP contribution in [0.25, 0.3) is 0 Å². The Bertz CT molecular complexity index is 516. The molecule has 120 valence electrons. The van der Waals surface area contributed by atoms with Gasteiger partial charge in [0.1, 0.15) is 0 Å². The number of hydrogen-bond donors (Lipinski definition) is 2. The maximum atomic E-state index is 12.2. The van der Waals surface area contributed by atoms with Crippen LogP contribution in [0.5, 0.6) is 0 Å². The molecule has 0 aliphatic carbocycles. The van der Waals surface area contributed by atoms with Gasteiger partial charge < -0.3 is 9.84 Å². The fraction of sp³-hybridized carbons (Fsp3) is 0.600. The largest absolute Gasteiger partial charge is 0.388 e. The SMILES string of the molecule is CCCOCCCNS(=O)(=O)c1cccc(C(O)CC)c1. The zero-order chi connectivity index (χ0) is 15.7. The summed E-state index contributed by atoms with van der Waals surface area (Å²) < 4.78 is 32.1. The second-order valence-electron chi connectivity index (χ2n) is 4.86. The Kier molecular flexibility index (Phi) is 7.88. The molecule has 0 aliphatic rings. The molecule has 1 unspecified atom stereocenters. The van der Waals surface area contributed by atoms with Crippen molar-refractivity contribution in [3.63, 3.8) is 0 Å². The number of rotatable bonds is 10. The standard InChI is InChI=1S/C15H25NO4S/c1-3-10-20-11-6-9-16-21(18,19)14-8-5-7-13(12-14)15(17)4-2/h5,7-8,12,15-17H,3-4,6,9-11H2,1-2H3. The third-order valence-electron chi connectivity index (χ3n) is 3.05. The van der Waals surface area contributed by atoms with Gasteiger partial charge in [-0.25, -0.2) is 13.1 Å². The lowest BCUT2D eigenvalue weighted by atomic mass is 10.1. The van der Waals surface area contributed by atoms with Crippen molar-refractivity contribution in [2.75, 3.05) is 19.8 Å². The summed E-state index contributed by atoms with van der Waals surface area (Å²) in [4.78, 5) is 0.182. The Morgan fingerprint density at radius 1 is 1.29 bits per heavy atom. The molecule has 0 aromatic heterocycles. The molecule has 1 rings (SSSR count). The highest BCUT2D eigenvalue weighted by Gasteiger charge is 2.15. The first kappa shape index (κ1) is 18.1. The predicted octanol–water partition coefficient (Wildman–Crippen LogP) is 2.22. The third kappa shape index (κ3) is 6.13. The number of hydrogen-bond acceptors (Lipinski definition) is 4. The van der Waals surface area contributed by atoms with Crippen LogP contribution in [0.2, 0.25) is 0 Å². The van der Waals surface area contributed by atoms with Crippen LogP contribution in [-0.4, -0.2) is 33.3 Å². The minimum absolute atomic E-state index is 0.182. The van der Waals surface area contributed by atoms with Gasteiger partial charge in [0.15, 0.2) is 0 Å². The molecule has 21 heavy (non-hydrogen) atoms. The number of sulfonamides is 1. The summed E-state index contributed by atoms with van der Waals surface area (Å²) >= 11 is 0. The van der Waals surface area contributed by atoms with Gasteiger partial charge in [-0.3, -0.25) is 0 Å². The van der Waals surface area contributed by atoms with Crippen molar-refractivity contribution < 1.29 is 18.3 Å². The Hall–Kier alpha value is -0.950. The highest BCUT2D eigenvalue weighted by atomic mass is 32.2. The lowest BCUT2D eigenvalue weighted by Crippen LogP contribution is -2.25. The van der Waals surface area contributed by atoms with Gasteiger partial charge in [-0.1, -0.05) is 26.0 Å². The number of nitrogens with one attached hydrogen (secondary N) is 1. The van der Waals surface area contributed by atoms with E-state index in [0.29, 0.717) is 38.2 Å². The molecular weight excluding hydrogens is 290 g/mol. The van der Waals surface area contributed by atoms with E-state index in [4.69, 9.17) is 4.74 Å². The molecule has 5 nitrogen and oxygen atoms in total. The summed E-state index contributed by atoms with van der Waals surface area (Å²) in [6.45, 7) is 5.46. The average molecular weight is 315 g/mol. The Balaban J connectivity index is 2.58. The molecule has 1 aromatic rings. The van der Waals surface area contributed by atoms with Gasteiger partial charge >= 0.3 is 0 Å². The van der Waals surface area contributed by atoms with E-state index in [1.165, 1.54) is 12.1 Å². The van der Waals surface area contributed by atoms with Crippen LogP contribution in [0.4, 0.5) is 0 Å². The van der Waals surface area contributed by atoms with Gasteiger partial charge in [0.25, 0.3) is 0 Å². The smallest absolute Gasteiger partial charge is 0.240 e. The fourth-order valence-electron chi connectivity index (χ4n) is 1.84. The van der Waals surface area contributed by atoms with Crippen LogP contribution >= 0.6 is 0 Å². The van der Waals surface area contributed by atoms with Crippen molar-refractivity contribution in [1.29, 1.82) is 0 Å². The molecule has 1 aromatic carbocycles. The minimum Gasteiger partial charge on any atom is -0.388 e. The molecular formula is C15H25NO4S. The van der Waals surface area contributed by atoms with E-state index in [9.17, 15) is 13.5 Å². The van der Waals surface area contributed by atoms with Gasteiger partial charge in [-0.05, 0) is 37.0 Å². The zero-order valence-corrected chi connectivity index (χ0v) is 13.5. The van der Waals surface area contributed by atoms with E-state index in [2.05, 4.69) is 4.72 Å². The maximum Gasteiger partial charge on any atom is 0.240 e. The minimum atomic E-state index is -3.53. The lowest BCUT2D eigenvalue weighted by Gasteiger charge is -2.11. The lowest BCUT2D eigenvalue weighted by molar-refractivity contribution is 0.133. The zero-order valence-electron chi connectivity index (χ0n) is 12.7. The molecule has 0 fully saturated rings. The average Bonchev–Trinajstić information content (AvgIpc) is 2.50. The van der Waals surface area contributed by atoms with E-state index in [1.54, 1.807) is 12.1 Å². The van der Waals surface area contributed by atoms with Gasteiger partial charge in [0.2, 0.25) is 10.0 Å². The second kappa shape index (κ2) is 9.15. The highest BCUT2D eigenvalue weighted by molar-refractivity contribution is 7.89. The van der Waals surface area contributed by atoms with E-state index in [1.807, 2.05) is 13.8 Å². The molecule has 2 N–H and O–H groups in total. The summed E-state index contributed by atoms with van der Waals surface area (Å²) in [6.07, 6.45) is 1.50. The van der Waals surface area contributed by atoms with Crippen molar-refractivity contribution >= 4 is 10.0 Å². The molecule has 0 saturated carbocycles. The van der Waals surface area contributed by atoms with Crippen molar-refractivity contribution in [3.05, 3.63) is 29.8 Å². The van der Waals surface area contributed by atoms with E-state index < -0.39 is 16.1 Å². The van der Waals surface area contributed by atoms with E-state index in [0.717, 1.165) is 6.42 Å². The third-order valence-corrected chi connectivity index (χ3v) is 4.50. The van der Waals surface area contributed by atoms with Crippen molar-refractivity contribution in [3.8, 4) is 0 Å². The van der Waals surface area contributed by atoms with Crippen LogP contribution < -0.4 is 4.72 Å². The molecule has 0 amide bonds. The molecule has 0 bridgehead atoms. The highest BCUT2D eigenvalue weighted by Crippen LogP contribution is 2.19. The van der Waals surface area contributed by atoms with Crippen LogP contribution in [0.15, 0.2) is 29.2 Å². The van der Waals surface area contributed by atoms with Crippen LogP contribution in [0.3, 0.4) is 0 Å². The number of benzene rings is 1. The topological polar surface area (TPSA) is 75.6 Å². The Labute approximate surface area is 127 Å². The summed E-state index contributed by atoms with van der Waals surface area (Å²) in [5.74, 6) is 0. The summed E-state index contributed by atoms with van der Waals surface area (Å²) in [6, 6.07) is 6.42. The summed E-state index contributed by atoms with van der Waals surface area (Å²) in [5.41, 5.74) is 0.617. The van der Waals surface area contributed by atoms with Crippen molar-refractivity contribution in [2.24, 2.45) is 0 Å².